The highest BCUT2D eigenvalue weighted by molar-refractivity contribution is 5.61. The molecule has 0 unspecified atom stereocenters. The van der Waals surface area contributed by atoms with Crippen molar-refractivity contribution in [2.24, 2.45) is 0 Å². The molecule has 3 heterocycles. The maximum Gasteiger partial charge on any atom is 0.314 e. The fraction of sp³-hybridized carbons (Fsp3) is 0.500. The van der Waals surface area contributed by atoms with E-state index in [0.717, 1.165) is 12.8 Å². The SMILES string of the molecule is Cc1nc(N)n(C2CCN(c3nccc(C)c3[N+](=O)[O-])CC2)n1. The van der Waals surface area contributed by atoms with Crippen LogP contribution in [0.5, 0.6) is 0 Å². The van der Waals surface area contributed by atoms with E-state index in [-0.39, 0.29) is 16.7 Å². The number of aryl methyl sites for hydroxylation is 2. The van der Waals surface area contributed by atoms with Crippen LogP contribution in [0.1, 0.15) is 30.3 Å². The second-order valence-electron chi connectivity index (χ2n) is 5.74. The van der Waals surface area contributed by atoms with Crippen molar-refractivity contribution in [3.8, 4) is 0 Å². The van der Waals surface area contributed by atoms with Gasteiger partial charge in [0.1, 0.15) is 5.82 Å². The molecule has 1 aliphatic rings. The quantitative estimate of drug-likeness (QED) is 0.675. The number of aromatic nitrogens is 4. The minimum atomic E-state index is -0.359. The molecule has 0 amide bonds. The van der Waals surface area contributed by atoms with E-state index < -0.39 is 0 Å². The van der Waals surface area contributed by atoms with Gasteiger partial charge >= 0.3 is 5.69 Å². The van der Waals surface area contributed by atoms with Gasteiger partial charge < -0.3 is 10.6 Å². The number of anilines is 2. The third-order valence-electron chi connectivity index (χ3n) is 4.16. The lowest BCUT2D eigenvalue weighted by atomic mass is 10.0. The summed E-state index contributed by atoms with van der Waals surface area (Å²) in [4.78, 5) is 21.3. The van der Waals surface area contributed by atoms with Crippen LogP contribution in [0, 0.1) is 24.0 Å². The summed E-state index contributed by atoms with van der Waals surface area (Å²) in [5.41, 5.74) is 6.58. The molecule has 9 heteroatoms. The highest BCUT2D eigenvalue weighted by atomic mass is 16.6. The highest BCUT2D eigenvalue weighted by Gasteiger charge is 2.29. The molecule has 23 heavy (non-hydrogen) atoms. The van der Waals surface area contributed by atoms with Gasteiger partial charge in [0.05, 0.1) is 11.0 Å². The lowest BCUT2D eigenvalue weighted by Crippen LogP contribution is -2.36. The van der Waals surface area contributed by atoms with E-state index in [1.165, 1.54) is 0 Å². The molecule has 0 aromatic carbocycles. The second kappa shape index (κ2) is 5.82. The molecule has 122 valence electrons. The van der Waals surface area contributed by atoms with Crippen LogP contribution in [0.25, 0.3) is 0 Å². The Morgan fingerprint density at radius 3 is 2.61 bits per heavy atom. The lowest BCUT2D eigenvalue weighted by molar-refractivity contribution is -0.384. The molecule has 0 spiro atoms. The predicted molar refractivity (Wildman–Crippen MR) is 85.3 cm³/mol. The molecule has 2 aromatic heterocycles. The van der Waals surface area contributed by atoms with Crippen LogP contribution in [0.3, 0.4) is 0 Å². The summed E-state index contributed by atoms with van der Waals surface area (Å²) in [5, 5.41) is 15.6. The van der Waals surface area contributed by atoms with E-state index in [1.807, 2.05) is 11.8 Å². The molecule has 0 bridgehead atoms. The second-order valence-corrected chi connectivity index (χ2v) is 5.74. The molecule has 2 aromatic rings. The average Bonchev–Trinajstić information content (AvgIpc) is 2.85. The summed E-state index contributed by atoms with van der Waals surface area (Å²) < 4.78 is 1.75. The number of hydrogen-bond acceptors (Lipinski definition) is 7. The molecule has 1 aliphatic heterocycles. The van der Waals surface area contributed by atoms with Gasteiger partial charge in [-0.05, 0) is 32.8 Å². The minimum Gasteiger partial charge on any atom is -0.368 e. The zero-order valence-corrected chi connectivity index (χ0v) is 13.1. The molecular weight excluding hydrogens is 298 g/mol. The summed E-state index contributed by atoms with van der Waals surface area (Å²) in [6.07, 6.45) is 3.20. The van der Waals surface area contributed by atoms with E-state index in [4.69, 9.17) is 5.73 Å². The average molecular weight is 317 g/mol. The maximum absolute atomic E-state index is 11.3. The number of nitrogens with zero attached hydrogens (tertiary/aromatic N) is 6. The lowest BCUT2D eigenvalue weighted by Gasteiger charge is -2.32. The number of nitro groups is 1. The summed E-state index contributed by atoms with van der Waals surface area (Å²) in [7, 11) is 0. The van der Waals surface area contributed by atoms with E-state index in [9.17, 15) is 10.1 Å². The zero-order valence-electron chi connectivity index (χ0n) is 13.1. The van der Waals surface area contributed by atoms with Crippen molar-refractivity contribution in [1.82, 2.24) is 19.7 Å². The van der Waals surface area contributed by atoms with Crippen LogP contribution >= 0.6 is 0 Å². The van der Waals surface area contributed by atoms with Crippen LogP contribution in [-0.2, 0) is 0 Å². The van der Waals surface area contributed by atoms with Crippen molar-refractivity contribution in [3.63, 3.8) is 0 Å². The normalized spacial score (nSPS) is 15.8. The van der Waals surface area contributed by atoms with Gasteiger partial charge in [0.15, 0.2) is 0 Å². The molecular formula is C14H19N7O2. The molecule has 9 nitrogen and oxygen atoms in total. The fourth-order valence-corrected chi connectivity index (χ4v) is 3.03. The number of pyridine rings is 1. The van der Waals surface area contributed by atoms with Crippen LogP contribution in [0.15, 0.2) is 12.3 Å². The smallest absolute Gasteiger partial charge is 0.314 e. The Bertz CT molecular complexity index is 735. The van der Waals surface area contributed by atoms with Crippen molar-refractivity contribution >= 4 is 17.5 Å². The molecule has 0 atom stereocenters. The third-order valence-corrected chi connectivity index (χ3v) is 4.16. The fourth-order valence-electron chi connectivity index (χ4n) is 3.03. The van der Waals surface area contributed by atoms with Gasteiger partial charge in [-0.2, -0.15) is 10.1 Å². The maximum atomic E-state index is 11.3. The molecule has 0 radical (unpaired) electrons. The minimum absolute atomic E-state index is 0.0852. The highest BCUT2D eigenvalue weighted by Crippen LogP contribution is 2.33. The summed E-state index contributed by atoms with van der Waals surface area (Å²) >= 11 is 0. The van der Waals surface area contributed by atoms with Crippen LogP contribution in [0.2, 0.25) is 0 Å². The van der Waals surface area contributed by atoms with Crippen molar-refractivity contribution < 1.29 is 4.92 Å². The first kappa shape index (κ1) is 15.2. The molecule has 2 N–H and O–H groups in total. The van der Waals surface area contributed by atoms with E-state index >= 15 is 0 Å². The van der Waals surface area contributed by atoms with Gasteiger partial charge in [0, 0.05) is 24.8 Å². The van der Waals surface area contributed by atoms with E-state index in [1.54, 1.807) is 23.9 Å². The van der Waals surface area contributed by atoms with Crippen molar-refractivity contribution in [1.29, 1.82) is 0 Å². The summed E-state index contributed by atoms with van der Waals surface area (Å²) in [5.74, 6) is 1.51. The number of piperidine rings is 1. The van der Waals surface area contributed by atoms with Gasteiger partial charge in [-0.15, -0.1) is 0 Å². The Kier molecular flexibility index (Phi) is 3.85. The molecule has 1 saturated heterocycles. The third kappa shape index (κ3) is 2.81. The first-order chi connectivity index (χ1) is 11.0. The van der Waals surface area contributed by atoms with Crippen molar-refractivity contribution in [2.75, 3.05) is 23.7 Å². The number of hydrogen-bond donors (Lipinski definition) is 1. The van der Waals surface area contributed by atoms with Gasteiger partial charge in [0.2, 0.25) is 11.8 Å². The van der Waals surface area contributed by atoms with Crippen LogP contribution < -0.4 is 10.6 Å². The Balaban J connectivity index is 1.79. The largest absolute Gasteiger partial charge is 0.368 e. The van der Waals surface area contributed by atoms with Gasteiger partial charge in [-0.1, -0.05) is 0 Å². The topological polar surface area (TPSA) is 116 Å². The van der Waals surface area contributed by atoms with Gasteiger partial charge in [0.25, 0.3) is 0 Å². The number of nitrogen functional groups attached to an aromatic ring is 1. The molecule has 0 aliphatic carbocycles. The Morgan fingerprint density at radius 2 is 2.04 bits per heavy atom. The Labute approximate surface area is 133 Å². The number of nitrogens with two attached hydrogens (primary N) is 1. The zero-order chi connectivity index (χ0) is 16.6. The first-order valence-corrected chi connectivity index (χ1v) is 7.51. The standard InChI is InChI=1S/C14H19N7O2/c1-9-3-6-16-13(12(9)21(22)23)19-7-4-11(5-8-19)20-14(15)17-10(2)18-20/h3,6,11H,4-5,7-8H2,1-2H3,(H2,15,17,18). The Hall–Kier alpha value is -2.71. The number of rotatable bonds is 3. The summed E-state index contributed by atoms with van der Waals surface area (Å²) in [6.45, 7) is 4.87. The molecule has 3 rings (SSSR count). The van der Waals surface area contributed by atoms with Crippen LogP contribution in [0.4, 0.5) is 17.5 Å². The van der Waals surface area contributed by atoms with Crippen molar-refractivity contribution in [2.45, 2.75) is 32.7 Å². The van der Waals surface area contributed by atoms with Gasteiger partial charge in [-0.25, -0.2) is 9.67 Å². The monoisotopic (exact) mass is 317 g/mol. The first-order valence-electron chi connectivity index (χ1n) is 7.51. The predicted octanol–water partition coefficient (Wildman–Crippen LogP) is 1.62. The van der Waals surface area contributed by atoms with E-state index in [2.05, 4.69) is 15.1 Å². The molecule has 0 saturated carbocycles. The van der Waals surface area contributed by atoms with E-state index in [0.29, 0.717) is 36.2 Å². The van der Waals surface area contributed by atoms with Gasteiger partial charge in [-0.3, -0.25) is 10.1 Å². The van der Waals surface area contributed by atoms with Crippen molar-refractivity contribution in [3.05, 3.63) is 33.8 Å². The summed E-state index contributed by atoms with van der Waals surface area (Å²) in [6, 6.07) is 1.82. The van der Waals surface area contributed by atoms with Crippen LogP contribution in [-0.4, -0.2) is 37.8 Å². The molecule has 1 fully saturated rings. The Morgan fingerprint density at radius 1 is 1.35 bits per heavy atom.